The number of aryl methyl sites for hydroxylation is 1. The number of halogens is 1. The molecule has 0 unspecified atom stereocenters. The maximum Gasteiger partial charge on any atom is 0.271 e. The molecule has 4 nitrogen and oxygen atoms in total. The SMILES string of the molecule is Cc1ccn2cc(C(=O)NCc3ccccc3F)nc2c1. The van der Waals surface area contributed by atoms with Crippen LogP contribution in [0.3, 0.4) is 0 Å². The van der Waals surface area contributed by atoms with Gasteiger partial charge in [0, 0.05) is 24.5 Å². The number of rotatable bonds is 3. The van der Waals surface area contributed by atoms with Crippen LogP contribution in [-0.4, -0.2) is 15.3 Å². The largest absolute Gasteiger partial charge is 0.346 e. The van der Waals surface area contributed by atoms with E-state index in [2.05, 4.69) is 10.3 Å². The van der Waals surface area contributed by atoms with Crippen molar-refractivity contribution in [1.82, 2.24) is 14.7 Å². The second kappa shape index (κ2) is 5.36. The molecule has 0 fully saturated rings. The highest BCUT2D eigenvalue weighted by Crippen LogP contribution is 2.09. The van der Waals surface area contributed by atoms with E-state index in [1.54, 1.807) is 28.8 Å². The van der Waals surface area contributed by atoms with Crippen molar-refractivity contribution in [1.29, 1.82) is 0 Å². The molecule has 0 radical (unpaired) electrons. The van der Waals surface area contributed by atoms with Crippen molar-refractivity contribution in [2.45, 2.75) is 13.5 Å². The number of nitrogens with one attached hydrogen (secondary N) is 1. The van der Waals surface area contributed by atoms with E-state index in [0.29, 0.717) is 16.9 Å². The van der Waals surface area contributed by atoms with Gasteiger partial charge in [0.1, 0.15) is 17.2 Å². The zero-order valence-corrected chi connectivity index (χ0v) is 11.5. The molecule has 0 atom stereocenters. The van der Waals surface area contributed by atoms with Gasteiger partial charge in [0.25, 0.3) is 5.91 Å². The van der Waals surface area contributed by atoms with Gasteiger partial charge < -0.3 is 9.72 Å². The molecule has 0 spiro atoms. The van der Waals surface area contributed by atoms with Crippen molar-refractivity contribution in [3.63, 3.8) is 0 Å². The minimum atomic E-state index is -0.330. The third kappa shape index (κ3) is 2.76. The molecule has 1 amide bonds. The van der Waals surface area contributed by atoms with Crippen LogP contribution in [0.5, 0.6) is 0 Å². The second-order valence-corrected chi connectivity index (χ2v) is 4.87. The van der Waals surface area contributed by atoms with Gasteiger partial charge in [-0.1, -0.05) is 18.2 Å². The molecule has 2 aromatic heterocycles. The summed E-state index contributed by atoms with van der Waals surface area (Å²) in [5.41, 5.74) is 2.56. The summed E-state index contributed by atoms with van der Waals surface area (Å²) >= 11 is 0. The van der Waals surface area contributed by atoms with Crippen LogP contribution in [0.1, 0.15) is 21.6 Å². The zero-order valence-electron chi connectivity index (χ0n) is 11.5. The fourth-order valence-corrected chi connectivity index (χ4v) is 2.10. The van der Waals surface area contributed by atoms with E-state index in [4.69, 9.17) is 0 Å². The highest BCUT2D eigenvalue weighted by atomic mass is 19.1. The Labute approximate surface area is 121 Å². The third-order valence-corrected chi connectivity index (χ3v) is 3.25. The number of carbonyl (C=O) groups excluding carboxylic acids is 1. The lowest BCUT2D eigenvalue weighted by atomic mass is 10.2. The summed E-state index contributed by atoms with van der Waals surface area (Å²) in [5, 5.41) is 2.68. The Morgan fingerprint density at radius 1 is 1.33 bits per heavy atom. The molecule has 1 aromatic carbocycles. The number of nitrogens with zero attached hydrogens (tertiary/aromatic N) is 2. The van der Waals surface area contributed by atoms with E-state index in [-0.39, 0.29) is 18.3 Å². The van der Waals surface area contributed by atoms with Crippen molar-refractivity contribution < 1.29 is 9.18 Å². The fourth-order valence-electron chi connectivity index (χ4n) is 2.10. The van der Waals surface area contributed by atoms with Gasteiger partial charge in [-0.3, -0.25) is 4.79 Å². The number of hydrogen-bond donors (Lipinski definition) is 1. The first-order valence-electron chi connectivity index (χ1n) is 6.60. The van der Waals surface area contributed by atoms with E-state index in [9.17, 15) is 9.18 Å². The minimum absolute atomic E-state index is 0.137. The van der Waals surface area contributed by atoms with Crippen LogP contribution in [0.4, 0.5) is 4.39 Å². The number of hydrogen-bond acceptors (Lipinski definition) is 2. The van der Waals surface area contributed by atoms with Gasteiger partial charge >= 0.3 is 0 Å². The monoisotopic (exact) mass is 283 g/mol. The number of carbonyl (C=O) groups is 1. The Kier molecular flexibility index (Phi) is 3.39. The molecular weight excluding hydrogens is 269 g/mol. The number of amides is 1. The topological polar surface area (TPSA) is 46.4 Å². The predicted octanol–water partition coefficient (Wildman–Crippen LogP) is 2.71. The van der Waals surface area contributed by atoms with Crippen molar-refractivity contribution in [2.24, 2.45) is 0 Å². The summed E-state index contributed by atoms with van der Waals surface area (Å²) in [6, 6.07) is 10.2. The number of pyridine rings is 1. The molecule has 0 saturated heterocycles. The Morgan fingerprint density at radius 3 is 2.95 bits per heavy atom. The molecule has 0 saturated carbocycles. The first-order chi connectivity index (χ1) is 10.1. The average Bonchev–Trinajstić information content (AvgIpc) is 2.89. The highest BCUT2D eigenvalue weighted by molar-refractivity contribution is 5.92. The molecule has 0 aliphatic carbocycles. The van der Waals surface area contributed by atoms with E-state index in [1.165, 1.54) is 6.07 Å². The van der Waals surface area contributed by atoms with Gasteiger partial charge in [-0.25, -0.2) is 9.37 Å². The number of benzene rings is 1. The van der Waals surface area contributed by atoms with Crippen LogP contribution in [0.2, 0.25) is 0 Å². The van der Waals surface area contributed by atoms with Gasteiger partial charge in [0.2, 0.25) is 0 Å². The van der Waals surface area contributed by atoms with Crippen LogP contribution in [0.25, 0.3) is 5.65 Å². The summed E-state index contributed by atoms with van der Waals surface area (Å²) in [6.45, 7) is 2.10. The van der Waals surface area contributed by atoms with Crippen LogP contribution >= 0.6 is 0 Å². The molecule has 3 aromatic rings. The second-order valence-electron chi connectivity index (χ2n) is 4.87. The van der Waals surface area contributed by atoms with E-state index in [1.807, 2.05) is 25.3 Å². The lowest BCUT2D eigenvalue weighted by molar-refractivity contribution is 0.0946. The third-order valence-electron chi connectivity index (χ3n) is 3.25. The lowest BCUT2D eigenvalue weighted by Gasteiger charge is -2.04. The number of imidazole rings is 1. The Morgan fingerprint density at radius 2 is 2.14 bits per heavy atom. The van der Waals surface area contributed by atoms with Crippen molar-refractivity contribution in [2.75, 3.05) is 0 Å². The molecular formula is C16H14FN3O. The first kappa shape index (κ1) is 13.3. The van der Waals surface area contributed by atoms with Gasteiger partial charge in [0.05, 0.1) is 0 Å². The predicted molar refractivity (Wildman–Crippen MR) is 77.5 cm³/mol. The lowest BCUT2D eigenvalue weighted by Crippen LogP contribution is -2.23. The van der Waals surface area contributed by atoms with Crippen molar-refractivity contribution in [3.05, 3.63) is 71.4 Å². The van der Waals surface area contributed by atoms with E-state index >= 15 is 0 Å². The summed E-state index contributed by atoms with van der Waals surface area (Å²) in [5.74, 6) is -0.650. The van der Waals surface area contributed by atoms with Crippen LogP contribution in [0, 0.1) is 12.7 Å². The normalized spacial score (nSPS) is 10.8. The standard InChI is InChI=1S/C16H14FN3O/c1-11-6-7-20-10-14(19-15(20)8-11)16(21)18-9-12-4-2-3-5-13(12)17/h2-8,10H,9H2,1H3,(H,18,21). The fraction of sp³-hybridized carbons (Fsp3) is 0.125. The summed E-state index contributed by atoms with van der Waals surface area (Å²) in [7, 11) is 0. The quantitative estimate of drug-likeness (QED) is 0.803. The minimum Gasteiger partial charge on any atom is -0.346 e. The maximum absolute atomic E-state index is 13.5. The number of aromatic nitrogens is 2. The summed E-state index contributed by atoms with van der Waals surface area (Å²) in [6.07, 6.45) is 3.51. The van der Waals surface area contributed by atoms with E-state index < -0.39 is 0 Å². The molecule has 1 N–H and O–H groups in total. The van der Waals surface area contributed by atoms with Gasteiger partial charge in [-0.2, -0.15) is 0 Å². The Bertz CT molecular complexity index is 810. The zero-order chi connectivity index (χ0) is 14.8. The van der Waals surface area contributed by atoms with Gasteiger partial charge in [0.15, 0.2) is 0 Å². The Hall–Kier alpha value is -2.69. The van der Waals surface area contributed by atoms with Crippen LogP contribution < -0.4 is 5.32 Å². The molecule has 21 heavy (non-hydrogen) atoms. The molecule has 0 bridgehead atoms. The number of fused-ring (bicyclic) bond motifs is 1. The van der Waals surface area contributed by atoms with Crippen molar-refractivity contribution >= 4 is 11.6 Å². The molecule has 3 rings (SSSR count). The molecule has 0 aliphatic heterocycles. The first-order valence-corrected chi connectivity index (χ1v) is 6.60. The smallest absolute Gasteiger partial charge is 0.271 e. The van der Waals surface area contributed by atoms with Crippen LogP contribution in [-0.2, 0) is 6.54 Å². The molecule has 2 heterocycles. The Balaban J connectivity index is 1.76. The van der Waals surface area contributed by atoms with Crippen LogP contribution in [0.15, 0.2) is 48.8 Å². The molecule has 0 aliphatic rings. The van der Waals surface area contributed by atoms with E-state index in [0.717, 1.165) is 5.56 Å². The van der Waals surface area contributed by atoms with Gasteiger partial charge in [-0.15, -0.1) is 0 Å². The van der Waals surface area contributed by atoms with Gasteiger partial charge in [-0.05, 0) is 30.7 Å². The maximum atomic E-state index is 13.5. The average molecular weight is 283 g/mol. The molecule has 5 heteroatoms. The summed E-state index contributed by atoms with van der Waals surface area (Å²) < 4.78 is 15.3. The van der Waals surface area contributed by atoms with Crippen molar-refractivity contribution in [3.8, 4) is 0 Å². The highest BCUT2D eigenvalue weighted by Gasteiger charge is 2.11. The molecule has 106 valence electrons. The summed E-state index contributed by atoms with van der Waals surface area (Å²) in [4.78, 5) is 16.3.